The molecule has 1 aromatic carbocycles. The molecule has 0 unspecified atom stereocenters. The minimum absolute atomic E-state index is 0.296. The second-order valence-electron chi connectivity index (χ2n) is 2.91. The molecule has 2 rings (SSSR count). The fourth-order valence-corrected chi connectivity index (χ4v) is 1.19. The van der Waals surface area contributed by atoms with Gasteiger partial charge in [0.2, 0.25) is 0 Å². The molecule has 5 heteroatoms. The standard InChI is InChI=1S/C10H9N3O2/c1-15-10-11-9(12-13-10)8-4-2-7(6-14)3-5-8/h2-6H,1H3,(H,11,12,13). The summed E-state index contributed by atoms with van der Waals surface area (Å²) < 4.78 is 4.85. The maximum atomic E-state index is 10.4. The molecule has 0 radical (unpaired) electrons. The molecule has 0 aliphatic carbocycles. The second kappa shape index (κ2) is 3.91. The predicted octanol–water partition coefficient (Wildman–Crippen LogP) is 1.29. The molecule has 0 saturated heterocycles. The second-order valence-corrected chi connectivity index (χ2v) is 2.91. The van der Waals surface area contributed by atoms with Gasteiger partial charge in [0, 0.05) is 11.1 Å². The van der Waals surface area contributed by atoms with Gasteiger partial charge in [-0.3, -0.25) is 9.89 Å². The van der Waals surface area contributed by atoms with Gasteiger partial charge in [-0.2, -0.15) is 4.98 Å². The smallest absolute Gasteiger partial charge is 0.335 e. The first-order valence-electron chi connectivity index (χ1n) is 4.35. The highest BCUT2D eigenvalue weighted by Crippen LogP contribution is 2.16. The Balaban J connectivity index is 2.32. The van der Waals surface area contributed by atoms with Gasteiger partial charge in [-0.1, -0.05) is 24.3 Å². The Bertz CT molecular complexity index is 462. The molecule has 0 aliphatic heterocycles. The number of benzene rings is 1. The summed E-state index contributed by atoms with van der Waals surface area (Å²) in [6, 6.07) is 7.33. The van der Waals surface area contributed by atoms with Gasteiger partial charge in [0.1, 0.15) is 6.29 Å². The molecule has 1 heterocycles. The van der Waals surface area contributed by atoms with Crippen molar-refractivity contribution >= 4 is 6.29 Å². The molecule has 0 saturated carbocycles. The monoisotopic (exact) mass is 203 g/mol. The Morgan fingerprint density at radius 1 is 1.33 bits per heavy atom. The van der Waals surface area contributed by atoms with E-state index in [-0.39, 0.29) is 0 Å². The molecule has 15 heavy (non-hydrogen) atoms. The van der Waals surface area contributed by atoms with Gasteiger partial charge in [-0.05, 0) is 0 Å². The van der Waals surface area contributed by atoms with E-state index in [4.69, 9.17) is 4.74 Å². The molecular weight excluding hydrogens is 194 g/mol. The number of H-pyrrole nitrogens is 1. The molecule has 0 spiro atoms. The molecular formula is C10H9N3O2. The van der Waals surface area contributed by atoms with E-state index in [1.807, 2.05) is 0 Å². The molecule has 0 amide bonds. The quantitative estimate of drug-likeness (QED) is 0.763. The first kappa shape index (κ1) is 9.39. The van der Waals surface area contributed by atoms with E-state index in [9.17, 15) is 4.79 Å². The lowest BCUT2D eigenvalue weighted by Crippen LogP contribution is -1.84. The first-order chi connectivity index (χ1) is 7.33. The van der Waals surface area contributed by atoms with E-state index in [1.54, 1.807) is 24.3 Å². The van der Waals surface area contributed by atoms with Crippen molar-refractivity contribution in [2.24, 2.45) is 0 Å². The summed E-state index contributed by atoms with van der Waals surface area (Å²) in [7, 11) is 1.50. The van der Waals surface area contributed by atoms with Crippen molar-refractivity contribution in [2.75, 3.05) is 7.11 Å². The lowest BCUT2D eigenvalue weighted by molar-refractivity contribution is 0.112. The number of aromatic nitrogens is 3. The Kier molecular flexibility index (Phi) is 2.45. The van der Waals surface area contributed by atoms with Crippen molar-refractivity contribution < 1.29 is 9.53 Å². The van der Waals surface area contributed by atoms with Gasteiger partial charge in [0.25, 0.3) is 0 Å². The molecule has 5 nitrogen and oxygen atoms in total. The zero-order valence-corrected chi connectivity index (χ0v) is 8.10. The van der Waals surface area contributed by atoms with Gasteiger partial charge in [0.15, 0.2) is 5.82 Å². The van der Waals surface area contributed by atoms with Gasteiger partial charge in [-0.15, -0.1) is 5.10 Å². The third-order valence-corrected chi connectivity index (χ3v) is 1.97. The summed E-state index contributed by atoms with van der Waals surface area (Å²) in [5, 5.41) is 6.56. The highest BCUT2D eigenvalue weighted by molar-refractivity contribution is 5.76. The summed E-state index contributed by atoms with van der Waals surface area (Å²) in [5.74, 6) is 0.615. The fraction of sp³-hybridized carbons (Fsp3) is 0.100. The van der Waals surface area contributed by atoms with Crippen LogP contribution in [0, 0.1) is 0 Å². The van der Waals surface area contributed by atoms with Gasteiger partial charge < -0.3 is 4.74 Å². The third-order valence-electron chi connectivity index (χ3n) is 1.97. The highest BCUT2D eigenvalue weighted by atomic mass is 16.5. The van der Waals surface area contributed by atoms with Crippen LogP contribution in [0.4, 0.5) is 0 Å². The number of carbonyl (C=O) groups excluding carboxylic acids is 1. The van der Waals surface area contributed by atoms with Crippen LogP contribution < -0.4 is 4.74 Å². The molecule has 0 bridgehead atoms. The largest absolute Gasteiger partial charge is 0.466 e. The average molecular weight is 203 g/mol. The normalized spacial score (nSPS) is 9.93. The summed E-state index contributed by atoms with van der Waals surface area (Å²) in [6.45, 7) is 0. The zero-order chi connectivity index (χ0) is 10.7. The molecule has 1 aromatic heterocycles. The molecule has 0 aliphatic rings. The van der Waals surface area contributed by atoms with Crippen LogP contribution in [0.1, 0.15) is 10.4 Å². The van der Waals surface area contributed by atoms with Crippen LogP contribution in [0.3, 0.4) is 0 Å². The maximum Gasteiger partial charge on any atom is 0.335 e. The maximum absolute atomic E-state index is 10.4. The number of carbonyl (C=O) groups is 1. The summed E-state index contributed by atoms with van der Waals surface area (Å²) in [4.78, 5) is 14.5. The number of aromatic amines is 1. The lowest BCUT2D eigenvalue weighted by Gasteiger charge is -1.95. The predicted molar refractivity (Wildman–Crippen MR) is 53.8 cm³/mol. The molecule has 2 aromatic rings. The average Bonchev–Trinajstić information content (AvgIpc) is 2.78. The Hall–Kier alpha value is -2.17. The van der Waals surface area contributed by atoms with Gasteiger partial charge >= 0.3 is 6.01 Å². The third kappa shape index (κ3) is 1.85. The number of methoxy groups -OCH3 is 1. The molecule has 0 fully saturated rings. The minimum Gasteiger partial charge on any atom is -0.466 e. The Labute approximate surface area is 86.1 Å². The zero-order valence-electron chi connectivity index (χ0n) is 8.10. The van der Waals surface area contributed by atoms with Crippen LogP contribution in [-0.2, 0) is 0 Å². The van der Waals surface area contributed by atoms with Crippen molar-refractivity contribution in [1.82, 2.24) is 15.2 Å². The van der Waals surface area contributed by atoms with Crippen molar-refractivity contribution in [1.29, 1.82) is 0 Å². The van der Waals surface area contributed by atoms with Crippen LogP contribution in [0.5, 0.6) is 6.01 Å². The Morgan fingerprint density at radius 3 is 2.60 bits per heavy atom. The lowest BCUT2D eigenvalue weighted by atomic mass is 10.1. The number of aldehydes is 1. The van der Waals surface area contributed by atoms with Crippen LogP contribution in [-0.4, -0.2) is 28.6 Å². The van der Waals surface area contributed by atoms with Crippen molar-refractivity contribution in [3.63, 3.8) is 0 Å². The van der Waals surface area contributed by atoms with Crippen LogP contribution >= 0.6 is 0 Å². The van der Waals surface area contributed by atoms with Crippen LogP contribution in [0.25, 0.3) is 11.4 Å². The number of rotatable bonds is 3. The molecule has 1 N–H and O–H groups in total. The van der Waals surface area contributed by atoms with Crippen LogP contribution in [0.2, 0.25) is 0 Å². The first-order valence-corrected chi connectivity index (χ1v) is 4.35. The van der Waals surface area contributed by atoms with E-state index in [0.717, 1.165) is 11.8 Å². The van der Waals surface area contributed by atoms with E-state index in [2.05, 4.69) is 15.2 Å². The van der Waals surface area contributed by atoms with Gasteiger partial charge in [0.05, 0.1) is 7.11 Å². The summed E-state index contributed by atoms with van der Waals surface area (Å²) in [5.41, 5.74) is 1.49. The van der Waals surface area contributed by atoms with Gasteiger partial charge in [-0.25, -0.2) is 0 Å². The van der Waals surface area contributed by atoms with E-state index >= 15 is 0 Å². The minimum atomic E-state index is 0.296. The highest BCUT2D eigenvalue weighted by Gasteiger charge is 2.04. The van der Waals surface area contributed by atoms with E-state index in [1.165, 1.54) is 7.11 Å². The van der Waals surface area contributed by atoms with Crippen molar-refractivity contribution in [3.05, 3.63) is 29.8 Å². The van der Waals surface area contributed by atoms with Crippen LogP contribution in [0.15, 0.2) is 24.3 Å². The number of nitrogens with zero attached hydrogens (tertiary/aromatic N) is 2. The summed E-state index contributed by atoms with van der Waals surface area (Å²) in [6.07, 6.45) is 0.796. The van der Waals surface area contributed by atoms with Crippen molar-refractivity contribution in [3.8, 4) is 17.4 Å². The van der Waals surface area contributed by atoms with E-state index < -0.39 is 0 Å². The molecule has 76 valence electrons. The SMILES string of the molecule is COc1n[nH]c(-c2ccc(C=O)cc2)n1. The number of ether oxygens (including phenoxy) is 1. The number of hydrogen-bond donors (Lipinski definition) is 1. The van der Waals surface area contributed by atoms with E-state index in [0.29, 0.717) is 17.4 Å². The summed E-state index contributed by atoms with van der Waals surface area (Å²) >= 11 is 0. The number of hydrogen-bond acceptors (Lipinski definition) is 4. The number of nitrogens with one attached hydrogen (secondary N) is 1. The fourth-order valence-electron chi connectivity index (χ4n) is 1.19. The molecule has 0 atom stereocenters. The Morgan fingerprint density at radius 2 is 2.07 bits per heavy atom. The topological polar surface area (TPSA) is 67.9 Å². The van der Waals surface area contributed by atoms with Crippen molar-refractivity contribution in [2.45, 2.75) is 0 Å².